The molecular weight excluding hydrogens is 757 g/mol. The molecule has 0 amide bonds. The highest BCUT2D eigenvalue weighted by Gasteiger charge is 2.69. The molecule has 2 aromatic carbocycles. The molecule has 276 valence electrons. The van der Waals surface area contributed by atoms with E-state index in [0.29, 0.717) is 22.0 Å². The highest BCUT2D eigenvalue weighted by atomic mass is 35.5. The van der Waals surface area contributed by atoms with E-state index >= 15 is 0 Å². The summed E-state index contributed by atoms with van der Waals surface area (Å²) in [6, 6.07) is 17.8. The number of aromatic nitrogens is 8. The summed E-state index contributed by atoms with van der Waals surface area (Å²) in [7, 11) is 0. The number of benzene rings is 2. The lowest BCUT2D eigenvalue weighted by atomic mass is 9.38. The average molecular weight is 791 g/mol. The van der Waals surface area contributed by atoms with E-state index in [9.17, 15) is 9.59 Å². The molecule has 4 N–H and O–H groups in total. The Morgan fingerprint density at radius 2 is 1.11 bits per heavy atom. The molecule has 6 aliphatic carbocycles. The number of hydrogen-bond donors (Lipinski definition) is 3. The van der Waals surface area contributed by atoms with Gasteiger partial charge in [-0.15, -0.1) is 0 Å². The standard InChI is InChI=1S/C21H17ClN4O.C13H13N5.C7H4Cl2O/c22-14-3-1-13(2-4-14)17(27)7-20-9-21(10-20,11-20)26-12-25-16-8-24-19-15(18(16)26)5-6-23-19;14-12-4-13(5-12,6-12)18-7-17-9-3-16-11-8(10(9)18)1-2-15-11;8-6-3-1-5(2-4-6)7(9)10/h1-6,8,12H,7,9-11H2,(H,23,24);1-3,7H,4-6,14H2,(H,15,16);1-4H. The summed E-state index contributed by atoms with van der Waals surface area (Å²) < 4.78 is 4.66. The van der Waals surface area contributed by atoms with Crippen LogP contribution in [0.5, 0.6) is 0 Å². The van der Waals surface area contributed by atoms with E-state index in [1.807, 2.05) is 49.6 Å². The highest BCUT2D eigenvalue weighted by molar-refractivity contribution is 6.67. The second kappa shape index (κ2) is 12.2. The van der Waals surface area contributed by atoms with Gasteiger partial charge in [-0.3, -0.25) is 9.59 Å². The summed E-state index contributed by atoms with van der Waals surface area (Å²) in [5, 5.41) is 3.06. The molecule has 8 aromatic rings. The number of nitrogens with one attached hydrogen (secondary N) is 2. The van der Waals surface area contributed by atoms with Crippen LogP contribution in [0.25, 0.3) is 44.1 Å². The number of ketones is 1. The van der Waals surface area contributed by atoms with Crippen LogP contribution in [0, 0.1) is 5.41 Å². The molecular formula is C41H34Cl3N9O2. The molecule has 0 radical (unpaired) electrons. The first kappa shape index (κ1) is 34.4. The number of carbonyl (C=O) groups excluding carboxylic acids is 2. The lowest BCUT2D eigenvalue weighted by molar-refractivity contribution is -0.181. The van der Waals surface area contributed by atoms with Gasteiger partial charge < -0.3 is 24.8 Å². The van der Waals surface area contributed by atoms with E-state index < -0.39 is 5.24 Å². The molecule has 14 heteroatoms. The van der Waals surface area contributed by atoms with Crippen molar-refractivity contribution in [3.63, 3.8) is 0 Å². The molecule has 4 bridgehead atoms. The van der Waals surface area contributed by atoms with E-state index in [1.165, 1.54) is 5.52 Å². The highest BCUT2D eigenvalue weighted by Crippen LogP contribution is 2.73. The Balaban J connectivity index is 0.000000114. The smallest absolute Gasteiger partial charge is 0.252 e. The van der Waals surface area contributed by atoms with Crippen molar-refractivity contribution in [2.75, 3.05) is 0 Å². The topological polar surface area (TPSA) is 153 Å². The van der Waals surface area contributed by atoms with E-state index in [4.69, 9.17) is 40.5 Å². The van der Waals surface area contributed by atoms with E-state index in [0.717, 1.165) is 82.7 Å². The molecule has 0 aliphatic heterocycles. The Hall–Kier alpha value is -5.07. The Morgan fingerprint density at radius 3 is 1.56 bits per heavy atom. The molecule has 6 fully saturated rings. The van der Waals surface area contributed by atoms with Gasteiger partial charge in [-0.05, 0) is 116 Å². The number of Topliss-reactive ketones (excluding diaryl/α,β-unsaturated/α-hetero) is 1. The van der Waals surface area contributed by atoms with Crippen LogP contribution in [0.3, 0.4) is 0 Å². The monoisotopic (exact) mass is 789 g/mol. The molecule has 11 nitrogen and oxygen atoms in total. The fourth-order valence-electron chi connectivity index (χ4n) is 9.84. The van der Waals surface area contributed by atoms with Gasteiger partial charge in [0.15, 0.2) is 5.78 Å². The summed E-state index contributed by atoms with van der Waals surface area (Å²) in [5.41, 5.74) is 14.1. The second-order valence-corrected chi connectivity index (χ2v) is 17.2. The first-order valence-electron chi connectivity index (χ1n) is 18.1. The van der Waals surface area contributed by atoms with Crippen LogP contribution in [-0.4, -0.2) is 55.6 Å². The Kier molecular flexibility index (Phi) is 7.64. The van der Waals surface area contributed by atoms with Crippen molar-refractivity contribution in [2.45, 2.75) is 61.6 Å². The zero-order valence-corrected chi connectivity index (χ0v) is 31.7. The van der Waals surface area contributed by atoms with Gasteiger partial charge in [-0.25, -0.2) is 19.9 Å². The summed E-state index contributed by atoms with van der Waals surface area (Å²) in [4.78, 5) is 47.3. The number of carbonyl (C=O) groups is 2. The lowest BCUT2D eigenvalue weighted by Crippen LogP contribution is -2.76. The quantitative estimate of drug-likeness (QED) is 0.112. The van der Waals surface area contributed by atoms with Gasteiger partial charge in [0.05, 0.1) is 41.6 Å². The minimum absolute atomic E-state index is 0.112. The van der Waals surface area contributed by atoms with Crippen molar-refractivity contribution < 1.29 is 9.59 Å². The van der Waals surface area contributed by atoms with Crippen molar-refractivity contribution in [2.24, 2.45) is 11.1 Å². The number of nitrogens with two attached hydrogens (primary N) is 1. The van der Waals surface area contributed by atoms with E-state index in [-0.39, 0.29) is 27.8 Å². The molecule has 0 atom stereocenters. The maximum atomic E-state index is 12.7. The third kappa shape index (κ3) is 5.50. The van der Waals surface area contributed by atoms with Crippen molar-refractivity contribution in [1.29, 1.82) is 0 Å². The number of rotatable bonds is 6. The lowest BCUT2D eigenvalue weighted by Gasteiger charge is -2.71. The number of halogens is 3. The number of hydrogen-bond acceptors (Lipinski definition) is 7. The first-order chi connectivity index (χ1) is 26.5. The minimum atomic E-state index is -0.461. The fraction of sp³-hybridized carbons (Fsp3) is 0.268. The van der Waals surface area contributed by atoms with Gasteiger partial charge in [0, 0.05) is 61.8 Å². The predicted molar refractivity (Wildman–Crippen MR) is 214 cm³/mol. The van der Waals surface area contributed by atoms with Gasteiger partial charge >= 0.3 is 0 Å². The number of imidazole rings is 2. The van der Waals surface area contributed by atoms with Gasteiger partial charge in [0.2, 0.25) is 0 Å². The number of pyridine rings is 2. The maximum Gasteiger partial charge on any atom is 0.252 e. The minimum Gasteiger partial charge on any atom is -0.346 e. The van der Waals surface area contributed by atoms with Gasteiger partial charge in [-0.2, -0.15) is 0 Å². The number of aromatic amines is 2. The van der Waals surface area contributed by atoms with Crippen molar-refractivity contribution >= 4 is 90.0 Å². The summed E-state index contributed by atoms with van der Waals surface area (Å²) >= 11 is 16.7. The second-order valence-electron chi connectivity index (χ2n) is 16.0. The molecule has 6 saturated carbocycles. The van der Waals surface area contributed by atoms with Crippen LogP contribution in [0.4, 0.5) is 0 Å². The normalized spacial score (nSPS) is 25.5. The third-order valence-electron chi connectivity index (χ3n) is 12.1. The molecule has 14 rings (SSSR count). The van der Waals surface area contributed by atoms with Crippen LogP contribution >= 0.6 is 34.8 Å². The van der Waals surface area contributed by atoms with Crippen molar-refractivity contribution in [1.82, 2.24) is 39.0 Å². The molecule has 0 saturated heterocycles. The largest absolute Gasteiger partial charge is 0.346 e. The maximum absolute atomic E-state index is 12.7. The zero-order chi connectivity index (χ0) is 37.7. The van der Waals surface area contributed by atoms with Gasteiger partial charge in [0.1, 0.15) is 22.3 Å². The number of H-pyrrole nitrogens is 2. The summed E-state index contributed by atoms with van der Waals surface area (Å²) in [6.07, 6.45) is 18.4. The summed E-state index contributed by atoms with van der Waals surface area (Å²) in [5.74, 6) is 0.215. The number of nitrogens with zero attached hydrogens (tertiary/aromatic N) is 6. The molecule has 6 aliphatic rings. The third-order valence-corrected chi connectivity index (χ3v) is 12.9. The molecule has 6 aromatic heterocycles. The fourth-order valence-corrected chi connectivity index (χ4v) is 10.2. The van der Waals surface area contributed by atoms with Crippen LogP contribution in [0.2, 0.25) is 10.0 Å². The molecule has 6 heterocycles. The van der Waals surface area contributed by atoms with Gasteiger partial charge in [0.25, 0.3) is 5.24 Å². The van der Waals surface area contributed by atoms with Crippen LogP contribution in [0.15, 0.2) is 98.1 Å². The van der Waals surface area contributed by atoms with Gasteiger partial charge in [-0.1, -0.05) is 23.2 Å². The van der Waals surface area contributed by atoms with Crippen LogP contribution in [-0.2, 0) is 11.1 Å². The molecule has 0 unspecified atom stereocenters. The van der Waals surface area contributed by atoms with Crippen molar-refractivity contribution in [3.8, 4) is 0 Å². The first-order valence-corrected chi connectivity index (χ1v) is 19.2. The molecule has 0 spiro atoms. The Morgan fingerprint density at radius 1 is 0.655 bits per heavy atom. The van der Waals surface area contributed by atoms with Crippen molar-refractivity contribution in [3.05, 3.63) is 119 Å². The predicted octanol–water partition coefficient (Wildman–Crippen LogP) is 8.94. The molecule has 55 heavy (non-hydrogen) atoms. The van der Waals surface area contributed by atoms with E-state index in [2.05, 4.69) is 51.2 Å². The number of fused-ring (bicyclic) bond motifs is 6. The average Bonchev–Trinajstić information content (AvgIpc) is 3.94. The Bertz CT molecular complexity index is 2780. The van der Waals surface area contributed by atoms with Crippen LogP contribution < -0.4 is 5.73 Å². The van der Waals surface area contributed by atoms with Crippen LogP contribution in [0.1, 0.15) is 65.7 Å². The van der Waals surface area contributed by atoms with E-state index in [1.54, 1.807) is 36.4 Å². The SMILES string of the molecule is NC12CC(n3cnc4cnc5[nH]ccc5c43)(C1)C2.O=C(CC12CC(n3cnc4cnc5[nH]ccc5c43)(C1)C2)c1ccc(Cl)cc1.O=C(Cl)c1ccc(Cl)cc1. The Labute approximate surface area is 329 Å². The zero-order valence-electron chi connectivity index (χ0n) is 29.4. The summed E-state index contributed by atoms with van der Waals surface area (Å²) in [6.45, 7) is 0.